The van der Waals surface area contributed by atoms with Crippen molar-refractivity contribution in [2.45, 2.75) is 32.1 Å². The van der Waals surface area contributed by atoms with E-state index >= 15 is 0 Å². The zero-order valence-corrected chi connectivity index (χ0v) is 13.4. The van der Waals surface area contributed by atoms with Crippen LogP contribution in [0.3, 0.4) is 0 Å². The van der Waals surface area contributed by atoms with Crippen molar-refractivity contribution in [1.29, 1.82) is 0 Å². The van der Waals surface area contributed by atoms with Gasteiger partial charge in [0.15, 0.2) is 5.78 Å². The van der Waals surface area contributed by atoms with E-state index in [1.165, 1.54) is 32.1 Å². The number of rotatable bonds is 5. The van der Waals surface area contributed by atoms with Crippen LogP contribution in [0.5, 0.6) is 0 Å². The van der Waals surface area contributed by atoms with Gasteiger partial charge < -0.3 is 0 Å². The minimum atomic E-state index is 0.0990. The predicted octanol–water partition coefficient (Wildman–Crippen LogP) is 4.69. The number of halogens is 2. The van der Waals surface area contributed by atoms with Crippen LogP contribution in [0.15, 0.2) is 18.2 Å². The highest BCUT2D eigenvalue weighted by Crippen LogP contribution is 2.25. The second kappa shape index (κ2) is 7.44. The van der Waals surface area contributed by atoms with Gasteiger partial charge in [-0.2, -0.15) is 0 Å². The first kappa shape index (κ1) is 15.8. The second-order valence-electron chi connectivity index (χ2n) is 5.75. The molecule has 1 saturated carbocycles. The molecule has 4 heteroatoms. The summed E-state index contributed by atoms with van der Waals surface area (Å²) in [6.07, 6.45) is 6.62. The van der Waals surface area contributed by atoms with Crippen molar-refractivity contribution < 1.29 is 4.79 Å². The van der Waals surface area contributed by atoms with Crippen LogP contribution in [0.2, 0.25) is 10.0 Å². The van der Waals surface area contributed by atoms with Crippen molar-refractivity contribution in [3.8, 4) is 0 Å². The molecule has 0 aliphatic heterocycles. The molecule has 1 fully saturated rings. The van der Waals surface area contributed by atoms with Gasteiger partial charge in [0.25, 0.3) is 0 Å². The van der Waals surface area contributed by atoms with Crippen molar-refractivity contribution in [3.63, 3.8) is 0 Å². The number of carbonyl (C=O) groups is 1. The third kappa shape index (κ3) is 4.47. The van der Waals surface area contributed by atoms with E-state index in [0.29, 0.717) is 22.2 Å². The molecule has 1 aliphatic carbocycles. The first-order chi connectivity index (χ1) is 9.56. The highest BCUT2D eigenvalue weighted by molar-refractivity contribution is 6.42. The zero-order valence-electron chi connectivity index (χ0n) is 11.9. The molecule has 0 unspecified atom stereocenters. The first-order valence-electron chi connectivity index (χ1n) is 7.23. The van der Waals surface area contributed by atoms with Crippen molar-refractivity contribution in [2.24, 2.45) is 5.92 Å². The molecule has 0 N–H and O–H groups in total. The van der Waals surface area contributed by atoms with Crippen LogP contribution in [0.1, 0.15) is 42.5 Å². The molecule has 20 heavy (non-hydrogen) atoms. The predicted molar refractivity (Wildman–Crippen MR) is 84.9 cm³/mol. The molecule has 0 saturated heterocycles. The molecule has 0 heterocycles. The molecule has 0 spiro atoms. The maximum atomic E-state index is 12.2. The monoisotopic (exact) mass is 313 g/mol. The maximum Gasteiger partial charge on any atom is 0.176 e. The Balaban J connectivity index is 1.87. The average Bonchev–Trinajstić information content (AvgIpc) is 2.42. The number of likely N-dealkylation sites (N-methyl/N-ethyl adjacent to an activating group) is 1. The Morgan fingerprint density at radius 1 is 1.20 bits per heavy atom. The van der Waals surface area contributed by atoms with Gasteiger partial charge in [0.1, 0.15) is 0 Å². The van der Waals surface area contributed by atoms with Gasteiger partial charge in [-0.25, -0.2) is 0 Å². The molecular formula is C16H21Cl2NO. The molecule has 1 aromatic carbocycles. The van der Waals surface area contributed by atoms with Gasteiger partial charge in [-0.1, -0.05) is 42.5 Å². The normalized spacial score (nSPS) is 16.6. The van der Waals surface area contributed by atoms with E-state index in [0.717, 1.165) is 12.5 Å². The molecular weight excluding hydrogens is 293 g/mol. The second-order valence-corrected chi connectivity index (χ2v) is 6.57. The Morgan fingerprint density at radius 2 is 1.90 bits per heavy atom. The molecule has 2 nitrogen and oxygen atoms in total. The molecule has 0 bridgehead atoms. The van der Waals surface area contributed by atoms with Crippen molar-refractivity contribution in [3.05, 3.63) is 33.8 Å². The molecule has 0 amide bonds. The number of hydrogen-bond donors (Lipinski definition) is 0. The van der Waals surface area contributed by atoms with Gasteiger partial charge in [0, 0.05) is 12.1 Å². The number of ketones is 1. The lowest BCUT2D eigenvalue weighted by Gasteiger charge is -2.26. The Labute approximate surface area is 131 Å². The molecule has 1 aliphatic rings. The standard InChI is InChI=1S/C16H21Cl2NO/c1-19(10-12-5-3-2-4-6-12)11-16(20)13-7-8-14(17)15(18)9-13/h7-9,12H,2-6,10-11H2,1H3. The SMILES string of the molecule is CN(CC(=O)c1ccc(Cl)c(Cl)c1)CC1CCCCC1. The van der Waals surface area contributed by atoms with Crippen LogP contribution in [0.4, 0.5) is 0 Å². The smallest absolute Gasteiger partial charge is 0.176 e. The van der Waals surface area contributed by atoms with Crippen LogP contribution in [0.25, 0.3) is 0 Å². The molecule has 0 radical (unpaired) electrons. The summed E-state index contributed by atoms with van der Waals surface area (Å²) < 4.78 is 0. The number of hydrogen-bond acceptors (Lipinski definition) is 2. The van der Waals surface area contributed by atoms with E-state index in [-0.39, 0.29) is 5.78 Å². The van der Waals surface area contributed by atoms with Crippen molar-refractivity contribution in [1.82, 2.24) is 4.90 Å². The minimum Gasteiger partial charge on any atom is -0.299 e. The average molecular weight is 314 g/mol. The van der Waals surface area contributed by atoms with Crippen molar-refractivity contribution >= 4 is 29.0 Å². The zero-order chi connectivity index (χ0) is 14.5. The lowest BCUT2D eigenvalue weighted by atomic mass is 9.89. The van der Waals surface area contributed by atoms with Crippen LogP contribution < -0.4 is 0 Å². The lowest BCUT2D eigenvalue weighted by molar-refractivity contribution is 0.0932. The summed E-state index contributed by atoms with van der Waals surface area (Å²) in [5.74, 6) is 0.845. The molecule has 0 atom stereocenters. The third-order valence-electron chi connectivity index (χ3n) is 3.95. The van der Waals surface area contributed by atoms with Gasteiger partial charge in [0.05, 0.1) is 16.6 Å². The lowest BCUT2D eigenvalue weighted by Crippen LogP contribution is -2.31. The fraction of sp³-hybridized carbons (Fsp3) is 0.562. The molecule has 2 rings (SSSR count). The summed E-state index contributed by atoms with van der Waals surface area (Å²) in [6, 6.07) is 5.07. The third-order valence-corrected chi connectivity index (χ3v) is 4.69. The Morgan fingerprint density at radius 3 is 2.55 bits per heavy atom. The maximum absolute atomic E-state index is 12.2. The van der Waals surface area contributed by atoms with E-state index in [9.17, 15) is 4.79 Å². The largest absolute Gasteiger partial charge is 0.299 e. The summed E-state index contributed by atoms with van der Waals surface area (Å²) in [5.41, 5.74) is 0.634. The highest BCUT2D eigenvalue weighted by atomic mass is 35.5. The highest BCUT2D eigenvalue weighted by Gasteiger charge is 2.17. The summed E-state index contributed by atoms with van der Waals surface area (Å²) in [4.78, 5) is 14.3. The number of Topliss-reactive ketones (excluding diaryl/α,β-unsaturated/α-hetero) is 1. The van der Waals surface area contributed by atoms with E-state index in [4.69, 9.17) is 23.2 Å². The topological polar surface area (TPSA) is 20.3 Å². The van der Waals surface area contributed by atoms with E-state index in [1.807, 2.05) is 7.05 Å². The first-order valence-corrected chi connectivity index (χ1v) is 7.98. The van der Waals surface area contributed by atoms with E-state index in [1.54, 1.807) is 18.2 Å². The number of carbonyl (C=O) groups excluding carboxylic acids is 1. The fourth-order valence-electron chi connectivity index (χ4n) is 2.88. The number of benzene rings is 1. The van der Waals surface area contributed by atoms with Gasteiger partial charge >= 0.3 is 0 Å². The Hall–Kier alpha value is -0.570. The van der Waals surface area contributed by atoms with Crippen LogP contribution in [-0.4, -0.2) is 30.8 Å². The van der Waals surface area contributed by atoms with Crippen LogP contribution in [0, 0.1) is 5.92 Å². The van der Waals surface area contributed by atoms with Crippen LogP contribution >= 0.6 is 23.2 Å². The Bertz CT molecular complexity index is 470. The molecule has 0 aromatic heterocycles. The molecule has 110 valence electrons. The summed E-state index contributed by atoms with van der Waals surface area (Å²) in [5, 5.41) is 0.922. The molecule has 1 aromatic rings. The van der Waals surface area contributed by atoms with Crippen LogP contribution in [-0.2, 0) is 0 Å². The van der Waals surface area contributed by atoms with Gasteiger partial charge in [0.2, 0.25) is 0 Å². The van der Waals surface area contributed by atoms with Gasteiger partial charge in [-0.05, 0) is 44.0 Å². The van der Waals surface area contributed by atoms with Gasteiger partial charge in [-0.15, -0.1) is 0 Å². The van der Waals surface area contributed by atoms with Crippen molar-refractivity contribution in [2.75, 3.05) is 20.1 Å². The van der Waals surface area contributed by atoms with E-state index in [2.05, 4.69) is 4.90 Å². The fourth-order valence-corrected chi connectivity index (χ4v) is 3.18. The quantitative estimate of drug-likeness (QED) is 0.735. The number of nitrogens with zero attached hydrogens (tertiary/aromatic N) is 1. The summed E-state index contributed by atoms with van der Waals surface area (Å²) in [6.45, 7) is 1.45. The van der Waals surface area contributed by atoms with E-state index < -0.39 is 0 Å². The Kier molecular flexibility index (Phi) is 5.88. The summed E-state index contributed by atoms with van der Waals surface area (Å²) in [7, 11) is 2.02. The summed E-state index contributed by atoms with van der Waals surface area (Å²) >= 11 is 11.8. The minimum absolute atomic E-state index is 0.0990. The van der Waals surface area contributed by atoms with Gasteiger partial charge in [-0.3, -0.25) is 9.69 Å².